The average Bonchev–Trinajstić information content (AvgIpc) is 2.99. The summed E-state index contributed by atoms with van der Waals surface area (Å²) in [6, 6.07) is 0.0290. The first-order valence-corrected chi connectivity index (χ1v) is 9.38. The van der Waals surface area contributed by atoms with Gasteiger partial charge in [-0.15, -0.1) is 24.0 Å². The van der Waals surface area contributed by atoms with Crippen LogP contribution in [-0.2, 0) is 0 Å². The van der Waals surface area contributed by atoms with Gasteiger partial charge in [0.05, 0.1) is 6.54 Å². The fourth-order valence-electron chi connectivity index (χ4n) is 3.72. The number of aliphatic imine (C=N–C) groups is 1. The Bertz CT molecular complexity index is 425. The van der Waals surface area contributed by atoms with Crippen molar-refractivity contribution < 1.29 is 13.2 Å². The first kappa shape index (κ1) is 23.7. The van der Waals surface area contributed by atoms with E-state index in [1.807, 2.05) is 0 Å². The highest BCUT2D eigenvalue weighted by molar-refractivity contribution is 14.0. The minimum atomic E-state index is -4.12. The highest BCUT2D eigenvalue weighted by Gasteiger charge is 2.34. The van der Waals surface area contributed by atoms with Crippen LogP contribution in [-0.4, -0.2) is 80.8 Å². The number of nitrogens with zero attached hydrogens (tertiary/aromatic N) is 3. The topological polar surface area (TPSA) is 42.9 Å². The Balaban J connectivity index is 0.00000338. The number of hydrogen-bond acceptors (Lipinski definition) is 3. The van der Waals surface area contributed by atoms with Crippen molar-refractivity contribution in [3.8, 4) is 0 Å². The Labute approximate surface area is 172 Å². The highest BCUT2D eigenvalue weighted by Crippen LogP contribution is 2.20. The van der Waals surface area contributed by atoms with Crippen LogP contribution in [0.15, 0.2) is 4.99 Å². The lowest BCUT2D eigenvalue weighted by Gasteiger charge is -2.31. The van der Waals surface area contributed by atoms with Crippen LogP contribution in [0.4, 0.5) is 13.2 Å². The van der Waals surface area contributed by atoms with Crippen LogP contribution < -0.4 is 10.6 Å². The zero-order valence-corrected chi connectivity index (χ0v) is 18.1. The van der Waals surface area contributed by atoms with Crippen LogP contribution in [0.5, 0.6) is 0 Å². The minimum absolute atomic E-state index is 0. The molecule has 9 heteroatoms. The Kier molecular flexibility index (Phi) is 10.5. The van der Waals surface area contributed by atoms with Crippen molar-refractivity contribution in [3.05, 3.63) is 0 Å². The molecule has 2 aliphatic heterocycles. The van der Waals surface area contributed by atoms with Gasteiger partial charge < -0.3 is 15.5 Å². The average molecular weight is 491 g/mol. The second-order valence-electron chi connectivity index (χ2n) is 7.15. The van der Waals surface area contributed by atoms with E-state index in [4.69, 9.17) is 0 Å². The van der Waals surface area contributed by atoms with E-state index >= 15 is 0 Å². The summed E-state index contributed by atoms with van der Waals surface area (Å²) in [5.74, 6) is 1.45. The molecule has 0 aliphatic carbocycles. The Hall–Kier alpha value is -0.290. The van der Waals surface area contributed by atoms with Crippen LogP contribution in [0.2, 0.25) is 0 Å². The molecule has 2 heterocycles. The lowest BCUT2D eigenvalue weighted by Crippen LogP contribution is -2.45. The number of nitrogens with one attached hydrogen (secondary N) is 2. The van der Waals surface area contributed by atoms with Gasteiger partial charge in [-0.2, -0.15) is 13.2 Å². The first-order valence-electron chi connectivity index (χ1n) is 9.38. The molecule has 2 saturated heterocycles. The quantitative estimate of drug-likeness (QED) is 0.341. The lowest BCUT2D eigenvalue weighted by atomic mass is 9.93. The molecular weight excluding hydrogens is 458 g/mol. The van der Waals surface area contributed by atoms with Gasteiger partial charge in [-0.25, -0.2) is 0 Å². The molecule has 0 amide bonds. The van der Waals surface area contributed by atoms with Gasteiger partial charge in [0.2, 0.25) is 0 Å². The van der Waals surface area contributed by atoms with E-state index in [-0.39, 0.29) is 30.0 Å². The maximum atomic E-state index is 12.5. The second-order valence-corrected chi connectivity index (χ2v) is 7.15. The van der Waals surface area contributed by atoms with Gasteiger partial charge in [0, 0.05) is 32.7 Å². The van der Waals surface area contributed by atoms with Crippen molar-refractivity contribution in [2.24, 2.45) is 10.9 Å². The molecule has 2 rings (SSSR count). The first-order chi connectivity index (χ1) is 11.9. The zero-order chi connectivity index (χ0) is 18.3. The summed E-state index contributed by atoms with van der Waals surface area (Å²) < 4.78 is 37.4. The number of rotatable bonds is 6. The molecule has 0 spiro atoms. The van der Waals surface area contributed by atoms with Crippen LogP contribution in [0, 0.1) is 5.92 Å². The normalized spacial score (nSPS) is 23.7. The maximum absolute atomic E-state index is 12.5. The molecule has 154 valence electrons. The highest BCUT2D eigenvalue weighted by atomic mass is 127. The van der Waals surface area contributed by atoms with Crippen molar-refractivity contribution in [1.29, 1.82) is 0 Å². The fourth-order valence-corrected chi connectivity index (χ4v) is 3.72. The third kappa shape index (κ3) is 8.60. The zero-order valence-electron chi connectivity index (χ0n) is 15.8. The predicted molar refractivity (Wildman–Crippen MR) is 110 cm³/mol. The van der Waals surface area contributed by atoms with Gasteiger partial charge in [0.25, 0.3) is 0 Å². The Morgan fingerprint density at radius 3 is 2.35 bits per heavy atom. The Morgan fingerprint density at radius 1 is 1.12 bits per heavy atom. The molecule has 5 nitrogen and oxygen atoms in total. The summed E-state index contributed by atoms with van der Waals surface area (Å²) in [5.41, 5.74) is 0. The van der Waals surface area contributed by atoms with Gasteiger partial charge >= 0.3 is 6.18 Å². The lowest BCUT2D eigenvalue weighted by molar-refractivity contribution is -0.143. The van der Waals surface area contributed by atoms with Gasteiger partial charge in [-0.3, -0.25) is 9.89 Å². The van der Waals surface area contributed by atoms with Crippen LogP contribution in [0.1, 0.15) is 32.6 Å². The number of likely N-dealkylation sites (tertiary alicyclic amines) is 2. The van der Waals surface area contributed by atoms with E-state index in [9.17, 15) is 13.2 Å². The largest absolute Gasteiger partial charge is 0.401 e. The molecule has 1 unspecified atom stereocenters. The minimum Gasteiger partial charge on any atom is -0.356 e. The molecule has 2 fully saturated rings. The molecular formula is C17H33F3IN5. The van der Waals surface area contributed by atoms with E-state index in [0.29, 0.717) is 25.5 Å². The van der Waals surface area contributed by atoms with E-state index in [2.05, 4.69) is 27.4 Å². The van der Waals surface area contributed by atoms with Gasteiger partial charge in [0.1, 0.15) is 0 Å². The number of piperidine rings is 1. The third-order valence-electron chi connectivity index (χ3n) is 5.24. The van der Waals surface area contributed by atoms with Gasteiger partial charge in [-0.1, -0.05) is 6.92 Å². The van der Waals surface area contributed by atoms with E-state index in [0.717, 1.165) is 25.4 Å². The molecule has 2 aliphatic rings. The summed E-state index contributed by atoms with van der Waals surface area (Å²) >= 11 is 0. The smallest absolute Gasteiger partial charge is 0.356 e. The number of halogens is 4. The molecule has 1 atom stereocenters. The molecule has 0 radical (unpaired) electrons. The molecule has 0 bridgehead atoms. The van der Waals surface area contributed by atoms with Crippen LogP contribution in [0.25, 0.3) is 0 Å². The third-order valence-corrected chi connectivity index (χ3v) is 5.24. The van der Waals surface area contributed by atoms with E-state index in [1.54, 1.807) is 7.05 Å². The maximum Gasteiger partial charge on any atom is 0.401 e. The molecule has 0 saturated carbocycles. The van der Waals surface area contributed by atoms with E-state index < -0.39 is 12.7 Å². The van der Waals surface area contributed by atoms with E-state index in [1.165, 1.54) is 30.8 Å². The predicted octanol–water partition coefficient (Wildman–Crippen LogP) is 2.53. The van der Waals surface area contributed by atoms with Crippen LogP contribution >= 0.6 is 24.0 Å². The molecule has 0 aromatic rings. The number of guanidine groups is 1. The molecule has 0 aromatic heterocycles. The van der Waals surface area contributed by atoms with Crippen molar-refractivity contribution >= 4 is 29.9 Å². The summed E-state index contributed by atoms with van der Waals surface area (Å²) in [7, 11) is 1.71. The summed E-state index contributed by atoms with van der Waals surface area (Å²) in [5, 5.41) is 6.57. The fraction of sp³-hybridized carbons (Fsp3) is 0.941. The van der Waals surface area contributed by atoms with Crippen LogP contribution in [0.3, 0.4) is 0 Å². The number of alkyl halides is 3. The number of hydrogen-bond donors (Lipinski definition) is 2. The van der Waals surface area contributed by atoms with Crippen molar-refractivity contribution in [2.45, 2.75) is 44.8 Å². The molecule has 2 N–H and O–H groups in total. The second kappa shape index (κ2) is 11.5. The molecule has 0 aromatic carbocycles. The van der Waals surface area contributed by atoms with Crippen molar-refractivity contribution in [1.82, 2.24) is 20.4 Å². The van der Waals surface area contributed by atoms with Gasteiger partial charge in [0.15, 0.2) is 5.96 Å². The van der Waals surface area contributed by atoms with Gasteiger partial charge in [-0.05, 0) is 51.2 Å². The van der Waals surface area contributed by atoms with Crippen molar-refractivity contribution in [2.75, 3.05) is 52.9 Å². The standard InChI is InChI=1S/C17H32F3N5.HI/c1-3-24-9-5-14(6-10-24)4-8-22-16(21-2)23-15-7-11-25(12-15)13-17(18,19)20;/h14-15H,3-13H2,1-2H3,(H2,21,22,23);1H. The monoisotopic (exact) mass is 491 g/mol. The summed E-state index contributed by atoms with van der Waals surface area (Å²) in [6.07, 6.45) is 0.199. The summed E-state index contributed by atoms with van der Waals surface area (Å²) in [4.78, 5) is 8.14. The Morgan fingerprint density at radius 2 is 1.77 bits per heavy atom. The van der Waals surface area contributed by atoms with Crippen molar-refractivity contribution in [3.63, 3.8) is 0 Å². The molecule has 26 heavy (non-hydrogen) atoms. The summed E-state index contributed by atoms with van der Waals surface area (Å²) in [6.45, 7) is 6.63. The SMILES string of the molecule is CCN1CCC(CCNC(=NC)NC2CCN(CC(F)(F)F)C2)CC1.I.